The third-order valence-electron chi connectivity index (χ3n) is 3.21. The van der Waals surface area contributed by atoms with E-state index in [1.54, 1.807) is 0 Å². The van der Waals surface area contributed by atoms with Crippen molar-refractivity contribution in [3.63, 3.8) is 0 Å². The fraction of sp³-hybridized carbons (Fsp3) is 0.562. The van der Waals surface area contributed by atoms with E-state index in [9.17, 15) is 4.79 Å². The van der Waals surface area contributed by atoms with Crippen molar-refractivity contribution >= 4 is 18.3 Å². The third kappa shape index (κ3) is 7.34. The van der Waals surface area contributed by atoms with Gasteiger partial charge in [0, 0.05) is 18.5 Å². The average Bonchev–Trinajstić information content (AvgIpc) is 2.44. The minimum atomic E-state index is 0. The van der Waals surface area contributed by atoms with Crippen LogP contribution in [0.5, 0.6) is 5.75 Å². The van der Waals surface area contributed by atoms with E-state index in [1.165, 1.54) is 0 Å². The number of aryl methyl sites for hydroxylation is 1. The van der Waals surface area contributed by atoms with E-state index in [1.807, 2.05) is 32.0 Å². The largest absolute Gasteiger partial charge is 0.490 e. The Kier molecular flexibility index (Phi) is 9.84. The van der Waals surface area contributed by atoms with Gasteiger partial charge in [-0.2, -0.15) is 0 Å². The van der Waals surface area contributed by atoms with Gasteiger partial charge in [0.15, 0.2) is 0 Å². The van der Waals surface area contributed by atoms with Gasteiger partial charge in [-0.25, -0.2) is 0 Å². The minimum Gasteiger partial charge on any atom is -0.490 e. The predicted octanol–water partition coefficient (Wildman–Crippen LogP) is 2.95. The van der Waals surface area contributed by atoms with Crippen LogP contribution in [0, 0.1) is 6.92 Å². The van der Waals surface area contributed by atoms with Crippen molar-refractivity contribution in [1.82, 2.24) is 5.32 Å². The first kappa shape index (κ1) is 19.7. The Morgan fingerprint density at radius 3 is 2.76 bits per heavy atom. The van der Waals surface area contributed by atoms with E-state index in [0.29, 0.717) is 19.5 Å². The highest BCUT2D eigenvalue weighted by Gasteiger charge is 2.09. The number of hydrogen-bond acceptors (Lipinski definition) is 3. The van der Waals surface area contributed by atoms with Crippen LogP contribution < -0.4 is 15.8 Å². The maximum atomic E-state index is 11.6. The number of ether oxygens (including phenoxy) is 1. The first-order valence-electron chi connectivity index (χ1n) is 7.29. The zero-order valence-corrected chi connectivity index (χ0v) is 14.0. The number of nitrogens with two attached hydrogens (primary N) is 1. The summed E-state index contributed by atoms with van der Waals surface area (Å²) in [7, 11) is 0. The molecule has 1 amide bonds. The summed E-state index contributed by atoms with van der Waals surface area (Å²) in [6.07, 6.45) is 2.32. The van der Waals surface area contributed by atoms with Gasteiger partial charge in [0.2, 0.25) is 5.91 Å². The molecule has 0 spiro atoms. The molecule has 0 aliphatic carbocycles. The topological polar surface area (TPSA) is 64.3 Å². The number of nitrogens with one attached hydrogen (secondary N) is 1. The van der Waals surface area contributed by atoms with Gasteiger partial charge in [-0.15, -0.1) is 12.4 Å². The normalized spacial score (nSPS) is 11.4. The molecule has 0 aromatic heterocycles. The van der Waals surface area contributed by atoms with Crippen LogP contribution in [0.1, 0.15) is 44.2 Å². The molecule has 120 valence electrons. The summed E-state index contributed by atoms with van der Waals surface area (Å²) in [5.74, 6) is 0.893. The molecular weight excluding hydrogens is 288 g/mol. The molecule has 1 atom stereocenters. The zero-order valence-electron chi connectivity index (χ0n) is 13.1. The number of amides is 1. The molecule has 0 bridgehead atoms. The van der Waals surface area contributed by atoms with Crippen LogP contribution in [-0.2, 0) is 11.3 Å². The second kappa shape index (κ2) is 10.5. The summed E-state index contributed by atoms with van der Waals surface area (Å²) in [6, 6.07) is 6.06. The number of benzene rings is 1. The molecular formula is C16H27ClN2O2. The van der Waals surface area contributed by atoms with E-state index >= 15 is 0 Å². The highest BCUT2D eigenvalue weighted by atomic mass is 35.5. The molecule has 0 aliphatic rings. The van der Waals surface area contributed by atoms with Gasteiger partial charge in [0.1, 0.15) is 5.75 Å². The van der Waals surface area contributed by atoms with Crippen molar-refractivity contribution in [1.29, 1.82) is 0 Å². The first-order valence-corrected chi connectivity index (χ1v) is 7.29. The van der Waals surface area contributed by atoms with Crippen LogP contribution in [0.4, 0.5) is 0 Å². The molecule has 1 aromatic carbocycles. The Bertz CT molecular complexity index is 438. The second-order valence-corrected chi connectivity index (χ2v) is 5.12. The van der Waals surface area contributed by atoms with Gasteiger partial charge >= 0.3 is 0 Å². The molecule has 0 saturated heterocycles. The van der Waals surface area contributed by atoms with Crippen molar-refractivity contribution in [3.05, 3.63) is 29.3 Å². The van der Waals surface area contributed by atoms with E-state index in [-0.39, 0.29) is 24.4 Å². The lowest BCUT2D eigenvalue weighted by Crippen LogP contribution is -2.24. The van der Waals surface area contributed by atoms with Gasteiger partial charge in [-0.05, 0) is 44.9 Å². The van der Waals surface area contributed by atoms with Crippen LogP contribution in [0.15, 0.2) is 18.2 Å². The standard InChI is InChI=1S/C16H26N2O2.ClH/c1-4-13(3)20-15-10-12(2)7-8-14(15)11-18-16(19)6-5-9-17;/h7-8,10,13H,4-6,9,11,17H2,1-3H3,(H,18,19);1H. The maximum Gasteiger partial charge on any atom is 0.220 e. The van der Waals surface area contributed by atoms with Gasteiger partial charge in [-0.3, -0.25) is 4.79 Å². The monoisotopic (exact) mass is 314 g/mol. The molecule has 1 aromatic rings. The van der Waals surface area contributed by atoms with Gasteiger partial charge in [0.25, 0.3) is 0 Å². The fourth-order valence-electron chi connectivity index (χ4n) is 1.76. The molecule has 0 radical (unpaired) electrons. The Hall–Kier alpha value is -1.26. The van der Waals surface area contributed by atoms with E-state index in [4.69, 9.17) is 10.5 Å². The quantitative estimate of drug-likeness (QED) is 0.775. The van der Waals surface area contributed by atoms with Crippen LogP contribution >= 0.6 is 12.4 Å². The summed E-state index contributed by atoms with van der Waals surface area (Å²) in [4.78, 5) is 11.6. The Labute approximate surface area is 133 Å². The smallest absolute Gasteiger partial charge is 0.220 e. The van der Waals surface area contributed by atoms with Gasteiger partial charge in [0.05, 0.1) is 6.10 Å². The summed E-state index contributed by atoms with van der Waals surface area (Å²) >= 11 is 0. The number of carbonyl (C=O) groups is 1. The van der Waals surface area contributed by atoms with Crippen LogP contribution in [0.25, 0.3) is 0 Å². The summed E-state index contributed by atoms with van der Waals surface area (Å²) in [5.41, 5.74) is 7.56. The number of hydrogen-bond donors (Lipinski definition) is 2. The molecule has 1 unspecified atom stereocenters. The molecule has 3 N–H and O–H groups in total. The van der Waals surface area contributed by atoms with Crippen molar-refractivity contribution in [2.24, 2.45) is 5.73 Å². The number of halogens is 1. The lowest BCUT2D eigenvalue weighted by atomic mass is 10.1. The molecule has 1 rings (SSSR count). The molecule has 5 heteroatoms. The van der Waals surface area contributed by atoms with Crippen LogP contribution in [0.3, 0.4) is 0 Å². The van der Waals surface area contributed by atoms with Crippen molar-refractivity contribution in [3.8, 4) is 5.75 Å². The molecule has 21 heavy (non-hydrogen) atoms. The van der Waals surface area contributed by atoms with Crippen LogP contribution in [-0.4, -0.2) is 18.6 Å². The van der Waals surface area contributed by atoms with E-state index in [0.717, 1.165) is 29.7 Å². The first-order chi connectivity index (χ1) is 9.56. The van der Waals surface area contributed by atoms with Gasteiger partial charge in [-0.1, -0.05) is 19.1 Å². The molecule has 0 aliphatic heterocycles. The van der Waals surface area contributed by atoms with E-state index < -0.39 is 0 Å². The summed E-state index contributed by atoms with van der Waals surface area (Å²) in [6.45, 7) is 7.21. The SMILES string of the molecule is CCC(C)Oc1cc(C)ccc1CNC(=O)CCCN.Cl. The second-order valence-electron chi connectivity index (χ2n) is 5.12. The molecule has 0 fully saturated rings. The Balaban J connectivity index is 0.00000400. The van der Waals surface area contributed by atoms with Gasteiger partial charge < -0.3 is 15.8 Å². The molecule has 0 heterocycles. The summed E-state index contributed by atoms with van der Waals surface area (Å²) < 4.78 is 5.92. The minimum absolute atomic E-state index is 0. The lowest BCUT2D eigenvalue weighted by molar-refractivity contribution is -0.121. The number of carbonyl (C=O) groups excluding carboxylic acids is 1. The van der Waals surface area contributed by atoms with Crippen molar-refractivity contribution in [2.45, 2.75) is 52.7 Å². The predicted molar refractivity (Wildman–Crippen MR) is 88.9 cm³/mol. The third-order valence-corrected chi connectivity index (χ3v) is 3.21. The maximum absolute atomic E-state index is 11.6. The lowest BCUT2D eigenvalue weighted by Gasteiger charge is -2.17. The average molecular weight is 315 g/mol. The number of rotatable bonds is 8. The Morgan fingerprint density at radius 1 is 1.43 bits per heavy atom. The molecule has 4 nitrogen and oxygen atoms in total. The zero-order chi connectivity index (χ0) is 15.0. The van der Waals surface area contributed by atoms with Crippen molar-refractivity contribution in [2.75, 3.05) is 6.54 Å². The van der Waals surface area contributed by atoms with Crippen molar-refractivity contribution < 1.29 is 9.53 Å². The highest BCUT2D eigenvalue weighted by Crippen LogP contribution is 2.22. The molecule has 0 saturated carbocycles. The fourth-order valence-corrected chi connectivity index (χ4v) is 1.76. The van der Waals surface area contributed by atoms with E-state index in [2.05, 4.69) is 12.2 Å². The highest BCUT2D eigenvalue weighted by molar-refractivity contribution is 5.85. The van der Waals surface area contributed by atoms with Crippen LogP contribution in [0.2, 0.25) is 0 Å². The Morgan fingerprint density at radius 2 is 2.14 bits per heavy atom. The summed E-state index contributed by atoms with van der Waals surface area (Å²) in [5, 5.41) is 2.91.